The Labute approximate surface area is 125 Å². The van der Waals surface area contributed by atoms with Gasteiger partial charge in [-0.15, -0.1) is 0 Å². The number of rotatable bonds is 5. The number of carbonyl (C=O) groups excluding carboxylic acids is 1. The highest BCUT2D eigenvalue weighted by Gasteiger charge is 2.15. The molecule has 0 aliphatic carbocycles. The van der Waals surface area contributed by atoms with Gasteiger partial charge in [0.25, 0.3) is 0 Å². The third-order valence-electron chi connectivity index (χ3n) is 2.95. The number of nitrogens with one attached hydrogen (secondary N) is 1. The van der Waals surface area contributed by atoms with Crippen molar-refractivity contribution in [2.24, 2.45) is 0 Å². The maximum absolute atomic E-state index is 12.2. The lowest BCUT2D eigenvalue weighted by molar-refractivity contribution is 0.0331. The number of nitrogens with zero attached hydrogens (tertiary/aromatic N) is 1. The number of ether oxygens (including phenoxy) is 1. The standard InChI is InChI=1S/C17H20N2O2/c1-12(2)18-16-11-7-10-15(19-16)17(20)21-13(3)14-8-5-4-6-9-14/h4-13H,1-3H3,(H,18,19). The van der Waals surface area contributed by atoms with Gasteiger partial charge in [-0.2, -0.15) is 0 Å². The number of pyridine rings is 1. The summed E-state index contributed by atoms with van der Waals surface area (Å²) in [7, 11) is 0. The highest BCUT2D eigenvalue weighted by atomic mass is 16.5. The first-order valence-corrected chi connectivity index (χ1v) is 7.06. The molecule has 1 atom stereocenters. The summed E-state index contributed by atoms with van der Waals surface area (Å²) in [5, 5.41) is 3.17. The topological polar surface area (TPSA) is 51.2 Å². The molecule has 0 saturated heterocycles. The number of anilines is 1. The fourth-order valence-corrected chi connectivity index (χ4v) is 1.94. The zero-order valence-electron chi connectivity index (χ0n) is 12.5. The highest BCUT2D eigenvalue weighted by Crippen LogP contribution is 2.18. The Balaban J connectivity index is 2.06. The predicted molar refractivity (Wildman–Crippen MR) is 83.3 cm³/mol. The first-order valence-electron chi connectivity index (χ1n) is 7.06. The van der Waals surface area contributed by atoms with Gasteiger partial charge >= 0.3 is 5.97 Å². The first kappa shape index (κ1) is 15.0. The fourth-order valence-electron chi connectivity index (χ4n) is 1.94. The van der Waals surface area contributed by atoms with Crippen molar-refractivity contribution in [1.29, 1.82) is 0 Å². The number of hydrogen-bond donors (Lipinski definition) is 1. The molecule has 0 spiro atoms. The molecule has 1 heterocycles. The molecule has 1 N–H and O–H groups in total. The minimum atomic E-state index is -0.418. The van der Waals surface area contributed by atoms with Crippen LogP contribution in [-0.2, 0) is 4.74 Å². The highest BCUT2D eigenvalue weighted by molar-refractivity contribution is 5.87. The summed E-state index contributed by atoms with van der Waals surface area (Å²) in [6, 6.07) is 15.2. The van der Waals surface area contributed by atoms with Gasteiger partial charge in [-0.3, -0.25) is 0 Å². The fraction of sp³-hybridized carbons (Fsp3) is 0.294. The van der Waals surface area contributed by atoms with Crippen LogP contribution in [0.1, 0.15) is 42.9 Å². The Morgan fingerprint density at radius 3 is 2.43 bits per heavy atom. The average Bonchev–Trinajstić information content (AvgIpc) is 2.47. The van der Waals surface area contributed by atoms with Crippen LogP contribution in [0.3, 0.4) is 0 Å². The van der Waals surface area contributed by atoms with Gasteiger partial charge in [0.1, 0.15) is 11.9 Å². The summed E-state index contributed by atoms with van der Waals surface area (Å²) in [5.74, 6) is 0.255. The number of hydrogen-bond acceptors (Lipinski definition) is 4. The molecule has 0 fully saturated rings. The minimum absolute atomic E-state index is 0.256. The van der Waals surface area contributed by atoms with Crippen molar-refractivity contribution in [3.63, 3.8) is 0 Å². The quantitative estimate of drug-likeness (QED) is 0.848. The lowest BCUT2D eigenvalue weighted by Crippen LogP contribution is -2.14. The molecule has 4 nitrogen and oxygen atoms in total. The summed E-state index contributed by atoms with van der Waals surface area (Å²) < 4.78 is 5.45. The van der Waals surface area contributed by atoms with Crippen LogP contribution < -0.4 is 5.32 Å². The van der Waals surface area contributed by atoms with E-state index >= 15 is 0 Å². The summed E-state index contributed by atoms with van der Waals surface area (Å²) in [4.78, 5) is 16.4. The van der Waals surface area contributed by atoms with Crippen LogP contribution in [0.25, 0.3) is 0 Å². The molecule has 1 unspecified atom stereocenters. The van der Waals surface area contributed by atoms with Crippen LogP contribution in [0.5, 0.6) is 0 Å². The van der Waals surface area contributed by atoms with E-state index < -0.39 is 5.97 Å². The first-order chi connectivity index (χ1) is 10.1. The summed E-state index contributed by atoms with van der Waals surface area (Å²) in [5.41, 5.74) is 1.27. The molecular formula is C17H20N2O2. The number of esters is 1. The van der Waals surface area contributed by atoms with Crippen molar-refractivity contribution in [1.82, 2.24) is 4.98 Å². The summed E-state index contributed by atoms with van der Waals surface area (Å²) >= 11 is 0. The third kappa shape index (κ3) is 4.31. The van der Waals surface area contributed by atoms with E-state index in [4.69, 9.17) is 4.74 Å². The Morgan fingerprint density at radius 2 is 1.76 bits per heavy atom. The van der Waals surface area contributed by atoms with Crippen molar-refractivity contribution < 1.29 is 9.53 Å². The van der Waals surface area contributed by atoms with Crippen LogP contribution >= 0.6 is 0 Å². The molecule has 0 bridgehead atoms. The third-order valence-corrected chi connectivity index (χ3v) is 2.95. The SMILES string of the molecule is CC(C)Nc1cccc(C(=O)OC(C)c2ccccc2)n1. The Morgan fingerprint density at radius 1 is 1.05 bits per heavy atom. The molecule has 21 heavy (non-hydrogen) atoms. The van der Waals surface area contributed by atoms with Crippen molar-refractivity contribution >= 4 is 11.8 Å². The second-order valence-corrected chi connectivity index (χ2v) is 5.17. The molecule has 0 amide bonds. The van der Waals surface area contributed by atoms with Gasteiger partial charge in [0, 0.05) is 6.04 Å². The Hall–Kier alpha value is -2.36. The van der Waals surface area contributed by atoms with Crippen LogP contribution in [0.2, 0.25) is 0 Å². The zero-order valence-corrected chi connectivity index (χ0v) is 12.5. The second kappa shape index (κ2) is 6.88. The number of benzene rings is 1. The summed E-state index contributed by atoms with van der Waals surface area (Å²) in [6.45, 7) is 5.89. The van der Waals surface area contributed by atoms with Gasteiger partial charge in [0.2, 0.25) is 0 Å². The van der Waals surface area contributed by atoms with Gasteiger partial charge < -0.3 is 10.1 Å². The number of carbonyl (C=O) groups is 1. The molecule has 0 saturated carbocycles. The van der Waals surface area contributed by atoms with Crippen LogP contribution in [0, 0.1) is 0 Å². The van der Waals surface area contributed by atoms with E-state index in [1.165, 1.54) is 0 Å². The molecule has 4 heteroatoms. The molecule has 2 rings (SSSR count). The van der Waals surface area contributed by atoms with Gasteiger partial charge in [-0.25, -0.2) is 9.78 Å². The van der Waals surface area contributed by atoms with Crippen LogP contribution in [-0.4, -0.2) is 17.0 Å². The largest absolute Gasteiger partial charge is 0.453 e. The van der Waals surface area contributed by atoms with Gasteiger partial charge in [-0.05, 0) is 38.5 Å². The summed E-state index contributed by atoms with van der Waals surface area (Å²) in [6.07, 6.45) is -0.304. The van der Waals surface area contributed by atoms with Crippen molar-refractivity contribution in [2.75, 3.05) is 5.32 Å². The Bertz CT molecular complexity index is 597. The lowest BCUT2D eigenvalue weighted by atomic mass is 10.1. The van der Waals surface area contributed by atoms with E-state index in [9.17, 15) is 4.79 Å². The molecule has 0 aliphatic rings. The van der Waals surface area contributed by atoms with Crippen molar-refractivity contribution in [3.05, 3.63) is 59.8 Å². The molecule has 110 valence electrons. The smallest absolute Gasteiger partial charge is 0.357 e. The molecule has 0 aliphatic heterocycles. The maximum atomic E-state index is 12.2. The van der Waals surface area contributed by atoms with Gasteiger partial charge in [0.05, 0.1) is 0 Å². The second-order valence-electron chi connectivity index (χ2n) is 5.17. The number of aromatic nitrogens is 1. The van der Waals surface area contributed by atoms with Gasteiger partial charge in [-0.1, -0.05) is 36.4 Å². The maximum Gasteiger partial charge on any atom is 0.357 e. The van der Waals surface area contributed by atoms with Crippen LogP contribution in [0.4, 0.5) is 5.82 Å². The minimum Gasteiger partial charge on any atom is -0.453 e. The van der Waals surface area contributed by atoms with E-state index in [-0.39, 0.29) is 12.1 Å². The average molecular weight is 284 g/mol. The lowest BCUT2D eigenvalue weighted by Gasteiger charge is -2.14. The molecule has 1 aromatic carbocycles. The van der Waals surface area contributed by atoms with E-state index in [2.05, 4.69) is 10.3 Å². The van der Waals surface area contributed by atoms with E-state index in [1.807, 2.05) is 57.2 Å². The van der Waals surface area contributed by atoms with Crippen molar-refractivity contribution in [3.8, 4) is 0 Å². The molecule has 2 aromatic rings. The van der Waals surface area contributed by atoms with Crippen LogP contribution in [0.15, 0.2) is 48.5 Å². The van der Waals surface area contributed by atoms with Gasteiger partial charge in [0.15, 0.2) is 5.69 Å². The molecule has 0 radical (unpaired) electrons. The van der Waals surface area contributed by atoms with Crippen molar-refractivity contribution in [2.45, 2.75) is 32.9 Å². The molecule has 1 aromatic heterocycles. The normalized spacial score (nSPS) is 12.0. The zero-order chi connectivity index (χ0) is 15.2. The monoisotopic (exact) mass is 284 g/mol. The Kier molecular flexibility index (Phi) is 4.93. The van der Waals surface area contributed by atoms with E-state index in [0.29, 0.717) is 11.5 Å². The predicted octanol–water partition coefficient (Wildman–Crippen LogP) is 3.82. The molecular weight excluding hydrogens is 264 g/mol. The van der Waals surface area contributed by atoms with E-state index in [1.54, 1.807) is 12.1 Å². The van der Waals surface area contributed by atoms with E-state index in [0.717, 1.165) is 5.56 Å².